The van der Waals surface area contributed by atoms with Crippen LogP contribution in [0.2, 0.25) is 10.0 Å². The van der Waals surface area contributed by atoms with E-state index >= 15 is 0 Å². The molecule has 3 rings (SSSR count). The minimum absolute atomic E-state index is 0.153. The number of amides is 1. The van der Waals surface area contributed by atoms with E-state index in [0.717, 1.165) is 0 Å². The lowest BCUT2D eigenvalue weighted by Gasteiger charge is -2.39. The molecule has 0 saturated carbocycles. The minimum atomic E-state index is -0.692. The summed E-state index contributed by atoms with van der Waals surface area (Å²) in [5.74, 6) is 0.725. The van der Waals surface area contributed by atoms with Crippen molar-refractivity contribution < 1.29 is 19.4 Å². The molecule has 0 spiro atoms. The van der Waals surface area contributed by atoms with Crippen LogP contribution in [0.3, 0.4) is 0 Å². The molecule has 1 aliphatic heterocycles. The Kier molecular flexibility index (Phi) is 8.40. The fourth-order valence-electron chi connectivity index (χ4n) is 3.76. The first kappa shape index (κ1) is 23.6. The largest absolute Gasteiger partial charge is 0.493 e. The first-order valence-electron chi connectivity index (χ1n) is 10.0. The number of carbonyl (C=O) groups excluding carboxylic acids is 1. The fraction of sp³-hybridized carbons (Fsp3) is 0.409. The van der Waals surface area contributed by atoms with E-state index in [-0.39, 0.29) is 6.61 Å². The van der Waals surface area contributed by atoms with E-state index in [9.17, 15) is 9.90 Å². The summed E-state index contributed by atoms with van der Waals surface area (Å²) in [6, 6.07) is 11.8. The number of ether oxygens (including phenoxy) is 2. The number of hydrogen-bond donors (Lipinski definition) is 2. The predicted molar refractivity (Wildman–Crippen MR) is 121 cm³/mol. The van der Waals surface area contributed by atoms with E-state index in [1.807, 2.05) is 17.0 Å². The number of piperazine rings is 1. The molecule has 1 fully saturated rings. The lowest BCUT2D eigenvalue weighted by Crippen LogP contribution is -2.52. The van der Waals surface area contributed by atoms with Crippen LogP contribution in [0, 0.1) is 0 Å². The molecule has 1 aliphatic rings. The number of hydrogen-bond acceptors (Lipinski definition) is 6. The molecule has 3 N–H and O–H groups in total. The van der Waals surface area contributed by atoms with Crippen LogP contribution in [0.5, 0.6) is 11.5 Å². The topological polar surface area (TPSA) is 88.3 Å². The molecule has 2 unspecified atom stereocenters. The summed E-state index contributed by atoms with van der Waals surface area (Å²) in [5.41, 5.74) is 6.23. The van der Waals surface area contributed by atoms with Crippen LogP contribution in [-0.2, 0) is 4.79 Å². The maximum atomic E-state index is 12.2. The van der Waals surface area contributed by atoms with Crippen LogP contribution in [-0.4, -0.2) is 73.4 Å². The normalized spacial score (nSPS) is 17.2. The summed E-state index contributed by atoms with van der Waals surface area (Å²) in [7, 11) is 1.58. The zero-order valence-corrected chi connectivity index (χ0v) is 18.9. The van der Waals surface area contributed by atoms with Gasteiger partial charge in [-0.2, -0.15) is 0 Å². The third kappa shape index (κ3) is 6.02. The number of para-hydroxylation sites is 2. The number of nitrogens with two attached hydrogens (primary N) is 1. The Morgan fingerprint density at radius 2 is 1.68 bits per heavy atom. The third-order valence-corrected chi connectivity index (χ3v) is 5.94. The van der Waals surface area contributed by atoms with Gasteiger partial charge in [0.25, 0.3) is 0 Å². The van der Waals surface area contributed by atoms with Crippen LogP contribution in [0.15, 0.2) is 42.5 Å². The molecule has 31 heavy (non-hydrogen) atoms. The lowest BCUT2D eigenvalue weighted by molar-refractivity contribution is -0.124. The van der Waals surface area contributed by atoms with Crippen molar-refractivity contribution in [2.75, 3.05) is 46.4 Å². The predicted octanol–water partition coefficient (Wildman–Crippen LogP) is 2.59. The SMILES string of the molecule is COc1ccccc1OCC(O)CN1CCN(C(C(N)=O)c2c(Cl)cccc2Cl)CC1. The van der Waals surface area contributed by atoms with Gasteiger partial charge in [-0.15, -0.1) is 0 Å². The summed E-state index contributed by atoms with van der Waals surface area (Å²) in [5, 5.41) is 11.2. The Morgan fingerprint density at radius 1 is 1.06 bits per heavy atom. The van der Waals surface area contributed by atoms with Gasteiger partial charge in [0.05, 0.1) is 7.11 Å². The van der Waals surface area contributed by atoms with Crippen molar-refractivity contribution in [1.29, 1.82) is 0 Å². The van der Waals surface area contributed by atoms with Crippen molar-refractivity contribution >= 4 is 29.1 Å². The van der Waals surface area contributed by atoms with Gasteiger partial charge in [0, 0.05) is 48.3 Å². The second-order valence-electron chi connectivity index (χ2n) is 7.39. The van der Waals surface area contributed by atoms with Gasteiger partial charge in [0.2, 0.25) is 5.91 Å². The quantitative estimate of drug-likeness (QED) is 0.589. The smallest absolute Gasteiger partial charge is 0.239 e. The Bertz CT molecular complexity index is 871. The Morgan fingerprint density at radius 3 is 2.26 bits per heavy atom. The molecule has 9 heteroatoms. The number of benzene rings is 2. The third-order valence-electron chi connectivity index (χ3n) is 5.28. The van der Waals surface area contributed by atoms with Gasteiger partial charge < -0.3 is 20.3 Å². The van der Waals surface area contributed by atoms with Crippen LogP contribution >= 0.6 is 23.2 Å². The average molecular weight is 468 g/mol. The van der Waals surface area contributed by atoms with E-state index in [1.165, 1.54) is 0 Å². The Labute approximate surface area is 192 Å². The number of nitrogens with zero attached hydrogens (tertiary/aromatic N) is 2. The van der Waals surface area contributed by atoms with E-state index in [1.54, 1.807) is 37.4 Å². The molecule has 7 nitrogen and oxygen atoms in total. The number of halogens is 2. The molecular formula is C22H27Cl2N3O4. The highest BCUT2D eigenvalue weighted by Gasteiger charge is 2.32. The van der Waals surface area contributed by atoms with Gasteiger partial charge in [-0.25, -0.2) is 0 Å². The Balaban J connectivity index is 1.54. The van der Waals surface area contributed by atoms with Crippen LogP contribution in [0.25, 0.3) is 0 Å². The van der Waals surface area contributed by atoms with Gasteiger partial charge in [-0.05, 0) is 24.3 Å². The molecular weight excluding hydrogens is 441 g/mol. The second-order valence-corrected chi connectivity index (χ2v) is 8.21. The minimum Gasteiger partial charge on any atom is -0.493 e. The van der Waals surface area contributed by atoms with E-state index in [0.29, 0.717) is 59.8 Å². The van der Waals surface area contributed by atoms with Gasteiger partial charge in [-0.1, -0.05) is 41.4 Å². The summed E-state index contributed by atoms with van der Waals surface area (Å²) in [6.07, 6.45) is -0.665. The molecule has 0 aromatic heterocycles. The highest BCUT2D eigenvalue weighted by atomic mass is 35.5. The number of methoxy groups -OCH3 is 1. The van der Waals surface area contributed by atoms with Crippen LogP contribution < -0.4 is 15.2 Å². The molecule has 1 amide bonds. The standard InChI is InChI=1S/C22H27Cl2N3O4/c1-30-18-7-2-3-8-19(18)31-14-15(28)13-26-9-11-27(12-10-26)21(22(25)29)20-16(23)5-4-6-17(20)24/h2-8,15,21,28H,9-14H2,1H3,(H2,25,29). The monoisotopic (exact) mass is 467 g/mol. The van der Waals surface area contributed by atoms with Crippen molar-refractivity contribution in [3.63, 3.8) is 0 Å². The van der Waals surface area contributed by atoms with Gasteiger partial charge >= 0.3 is 0 Å². The highest BCUT2D eigenvalue weighted by Crippen LogP contribution is 2.34. The zero-order valence-electron chi connectivity index (χ0n) is 17.3. The molecule has 2 atom stereocenters. The molecule has 0 aliphatic carbocycles. The number of rotatable bonds is 9. The van der Waals surface area contributed by atoms with E-state index in [4.69, 9.17) is 38.4 Å². The highest BCUT2D eigenvalue weighted by molar-refractivity contribution is 6.36. The molecule has 1 saturated heterocycles. The molecule has 1 heterocycles. The second kappa shape index (κ2) is 11.0. The van der Waals surface area contributed by atoms with E-state index < -0.39 is 18.1 Å². The maximum Gasteiger partial charge on any atom is 0.239 e. The summed E-state index contributed by atoms with van der Waals surface area (Å²) in [6.45, 7) is 3.12. The molecule has 168 valence electrons. The molecule has 2 aromatic rings. The van der Waals surface area contributed by atoms with Gasteiger partial charge in [0.15, 0.2) is 11.5 Å². The van der Waals surface area contributed by atoms with Crippen molar-refractivity contribution in [2.24, 2.45) is 5.73 Å². The maximum absolute atomic E-state index is 12.2. The first-order chi connectivity index (χ1) is 14.9. The van der Waals surface area contributed by atoms with Crippen molar-refractivity contribution in [2.45, 2.75) is 12.1 Å². The van der Waals surface area contributed by atoms with Crippen molar-refractivity contribution in [3.8, 4) is 11.5 Å². The Hall–Kier alpha value is -2.03. The van der Waals surface area contributed by atoms with Gasteiger partial charge in [-0.3, -0.25) is 14.6 Å². The molecule has 2 aromatic carbocycles. The van der Waals surface area contributed by atoms with Crippen LogP contribution in [0.1, 0.15) is 11.6 Å². The lowest BCUT2D eigenvalue weighted by atomic mass is 10.0. The summed E-state index contributed by atoms with van der Waals surface area (Å²) >= 11 is 12.6. The van der Waals surface area contributed by atoms with E-state index in [2.05, 4.69) is 4.90 Å². The summed E-state index contributed by atoms with van der Waals surface area (Å²) in [4.78, 5) is 16.3. The summed E-state index contributed by atoms with van der Waals surface area (Å²) < 4.78 is 11.0. The number of β-amino-alcohol motifs (C(OH)–C–C–N with tert-alkyl or cyclic N) is 1. The number of aliphatic hydroxyl groups is 1. The average Bonchev–Trinajstić information content (AvgIpc) is 2.75. The number of primary amides is 1. The first-order valence-corrected chi connectivity index (χ1v) is 10.8. The van der Waals surface area contributed by atoms with Crippen molar-refractivity contribution in [3.05, 3.63) is 58.1 Å². The zero-order chi connectivity index (χ0) is 22.4. The fourth-order valence-corrected chi connectivity index (χ4v) is 4.36. The molecule has 0 radical (unpaired) electrons. The number of aliphatic hydroxyl groups excluding tert-OH is 1. The number of carbonyl (C=O) groups is 1. The van der Waals surface area contributed by atoms with Crippen molar-refractivity contribution in [1.82, 2.24) is 9.80 Å². The molecule has 0 bridgehead atoms. The van der Waals surface area contributed by atoms with Crippen LogP contribution in [0.4, 0.5) is 0 Å². The van der Waals surface area contributed by atoms with Gasteiger partial charge in [0.1, 0.15) is 18.8 Å².